The van der Waals surface area contributed by atoms with Gasteiger partial charge >= 0.3 is 6.01 Å². The average Bonchev–Trinajstić information content (AvgIpc) is 2.18. The zero-order chi connectivity index (χ0) is 9.84. The first kappa shape index (κ1) is 9.57. The van der Waals surface area contributed by atoms with Crippen molar-refractivity contribution in [2.45, 2.75) is 6.92 Å². The molecule has 1 aromatic heterocycles. The molecule has 0 amide bonds. The lowest BCUT2D eigenvalue weighted by Crippen LogP contribution is -2.01. The fraction of sp³-hybridized carbons (Fsp3) is 0.500. The van der Waals surface area contributed by atoms with Crippen molar-refractivity contribution in [2.75, 3.05) is 21.3 Å². The molecule has 0 atom stereocenters. The molecule has 0 fully saturated rings. The van der Waals surface area contributed by atoms with E-state index in [-0.39, 0.29) is 6.01 Å². The number of ether oxygens (including phenoxy) is 3. The van der Waals surface area contributed by atoms with Gasteiger partial charge in [0.05, 0.1) is 26.9 Å². The van der Waals surface area contributed by atoms with Crippen molar-refractivity contribution in [3.8, 4) is 17.8 Å². The fourth-order valence-corrected chi connectivity index (χ4v) is 0.947. The summed E-state index contributed by atoms with van der Waals surface area (Å²) in [7, 11) is 4.56. The van der Waals surface area contributed by atoms with Gasteiger partial charge in [-0.2, -0.15) is 9.97 Å². The molecule has 0 saturated heterocycles. The largest absolute Gasteiger partial charge is 0.481 e. The molecule has 0 radical (unpaired) electrons. The summed E-state index contributed by atoms with van der Waals surface area (Å²) in [6, 6.07) is 0.235. The monoisotopic (exact) mass is 184 g/mol. The van der Waals surface area contributed by atoms with E-state index >= 15 is 0 Å². The maximum absolute atomic E-state index is 5.02. The molecule has 0 saturated carbocycles. The number of hydrogen-bond donors (Lipinski definition) is 0. The topological polar surface area (TPSA) is 53.5 Å². The smallest absolute Gasteiger partial charge is 0.322 e. The van der Waals surface area contributed by atoms with Crippen LogP contribution in [0.5, 0.6) is 17.8 Å². The molecule has 1 rings (SSSR count). The molecule has 1 aromatic rings. The zero-order valence-corrected chi connectivity index (χ0v) is 8.12. The quantitative estimate of drug-likeness (QED) is 0.695. The normalized spacial score (nSPS) is 9.54. The zero-order valence-electron chi connectivity index (χ0n) is 8.12. The second kappa shape index (κ2) is 3.93. The highest BCUT2D eigenvalue weighted by atomic mass is 16.5. The first-order valence-electron chi connectivity index (χ1n) is 3.73. The molecule has 0 aliphatic carbocycles. The van der Waals surface area contributed by atoms with E-state index in [2.05, 4.69) is 9.97 Å². The standard InChI is InChI=1S/C8H12N2O3/c1-5-6(11-2)9-8(13-4)10-7(5)12-3/h1-4H3. The lowest BCUT2D eigenvalue weighted by atomic mass is 10.3. The van der Waals surface area contributed by atoms with Crippen molar-refractivity contribution in [3.05, 3.63) is 5.56 Å². The molecule has 0 bridgehead atoms. The number of aromatic nitrogens is 2. The third-order valence-electron chi connectivity index (χ3n) is 1.61. The van der Waals surface area contributed by atoms with Crippen LogP contribution in [0.4, 0.5) is 0 Å². The SMILES string of the molecule is COc1nc(OC)c(C)c(OC)n1. The average molecular weight is 184 g/mol. The van der Waals surface area contributed by atoms with Crippen molar-refractivity contribution in [1.29, 1.82) is 0 Å². The van der Waals surface area contributed by atoms with Crippen LogP contribution in [-0.4, -0.2) is 31.3 Å². The molecule has 0 aliphatic rings. The van der Waals surface area contributed by atoms with Gasteiger partial charge in [0.1, 0.15) is 0 Å². The van der Waals surface area contributed by atoms with E-state index in [4.69, 9.17) is 14.2 Å². The van der Waals surface area contributed by atoms with Gasteiger partial charge in [-0.1, -0.05) is 0 Å². The van der Waals surface area contributed by atoms with Crippen LogP contribution >= 0.6 is 0 Å². The number of hydrogen-bond acceptors (Lipinski definition) is 5. The Labute approximate surface area is 76.7 Å². The van der Waals surface area contributed by atoms with Crippen LogP contribution in [0.25, 0.3) is 0 Å². The van der Waals surface area contributed by atoms with E-state index in [1.54, 1.807) is 0 Å². The van der Waals surface area contributed by atoms with Crippen LogP contribution in [0.3, 0.4) is 0 Å². The van der Waals surface area contributed by atoms with Crippen molar-refractivity contribution >= 4 is 0 Å². The molecule has 0 aromatic carbocycles. The van der Waals surface area contributed by atoms with Crippen LogP contribution < -0.4 is 14.2 Å². The minimum atomic E-state index is 0.235. The van der Waals surface area contributed by atoms with Crippen molar-refractivity contribution in [2.24, 2.45) is 0 Å². The number of rotatable bonds is 3. The summed E-state index contributed by atoms with van der Waals surface area (Å²) in [6.45, 7) is 1.82. The summed E-state index contributed by atoms with van der Waals surface area (Å²) in [4.78, 5) is 7.96. The van der Waals surface area contributed by atoms with E-state index in [1.165, 1.54) is 21.3 Å². The van der Waals surface area contributed by atoms with E-state index < -0.39 is 0 Å². The van der Waals surface area contributed by atoms with Crippen LogP contribution in [0.1, 0.15) is 5.56 Å². The summed E-state index contributed by atoms with van der Waals surface area (Å²) >= 11 is 0. The molecule has 13 heavy (non-hydrogen) atoms. The molecule has 5 nitrogen and oxygen atoms in total. The van der Waals surface area contributed by atoms with Gasteiger partial charge in [-0.25, -0.2) is 0 Å². The number of methoxy groups -OCH3 is 3. The van der Waals surface area contributed by atoms with Crippen LogP contribution in [0, 0.1) is 6.92 Å². The minimum absolute atomic E-state index is 0.235. The van der Waals surface area contributed by atoms with Gasteiger partial charge in [-0.3, -0.25) is 0 Å². The first-order valence-corrected chi connectivity index (χ1v) is 3.73. The maximum atomic E-state index is 5.02. The van der Waals surface area contributed by atoms with Gasteiger partial charge in [-0.05, 0) is 6.92 Å². The molecule has 5 heteroatoms. The predicted molar refractivity (Wildman–Crippen MR) is 46.4 cm³/mol. The Morgan fingerprint density at radius 1 is 0.846 bits per heavy atom. The Morgan fingerprint density at radius 3 is 1.62 bits per heavy atom. The second-order valence-corrected chi connectivity index (χ2v) is 2.35. The highest BCUT2D eigenvalue weighted by Gasteiger charge is 2.11. The van der Waals surface area contributed by atoms with E-state index in [1.807, 2.05) is 6.92 Å². The van der Waals surface area contributed by atoms with E-state index in [9.17, 15) is 0 Å². The van der Waals surface area contributed by atoms with Crippen LogP contribution in [0.2, 0.25) is 0 Å². The van der Waals surface area contributed by atoms with Gasteiger partial charge in [0.25, 0.3) is 0 Å². The van der Waals surface area contributed by atoms with Gasteiger partial charge in [0, 0.05) is 0 Å². The predicted octanol–water partition coefficient (Wildman–Crippen LogP) is 0.811. The third-order valence-corrected chi connectivity index (χ3v) is 1.61. The highest BCUT2D eigenvalue weighted by molar-refractivity contribution is 5.35. The lowest BCUT2D eigenvalue weighted by Gasteiger charge is -2.08. The Balaban J connectivity index is 3.20. The summed E-state index contributed by atoms with van der Waals surface area (Å²) in [5, 5.41) is 0. The molecule has 0 unspecified atom stereocenters. The summed E-state index contributed by atoms with van der Waals surface area (Å²) in [5.74, 6) is 0.924. The van der Waals surface area contributed by atoms with Crippen molar-refractivity contribution in [1.82, 2.24) is 9.97 Å². The van der Waals surface area contributed by atoms with Gasteiger partial charge in [-0.15, -0.1) is 0 Å². The highest BCUT2D eigenvalue weighted by Crippen LogP contribution is 2.25. The van der Waals surface area contributed by atoms with Gasteiger partial charge in [0.2, 0.25) is 11.8 Å². The summed E-state index contributed by atoms with van der Waals surface area (Å²) < 4.78 is 14.9. The number of nitrogens with zero attached hydrogens (tertiary/aromatic N) is 2. The Hall–Kier alpha value is -1.52. The third kappa shape index (κ3) is 1.80. The fourth-order valence-electron chi connectivity index (χ4n) is 0.947. The van der Waals surface area contributed by atoms with Gasteiger partial charge < -0.3 is 14.2 Å². The molecule has 0 aliphatic heterocycles. The molecular weight excluding hydrogens is 172 g/mol. The van der Waals surface area contributed by atoms with Crippen molar-refractivity contribution in [3.63, 3.8) is 0 Å². The Kier molecular flexibility index (Phi) is 2.89. The maximum Gasteiger partial charge on any atom is 0.322 e. The van der Waals surface area contributed by atoms with E-state index in [0.29, 0.717) is 11.8 Å². The molecule has 72 valence electrons. The Bertz CT molecular complexity index is 276. The van der Waals surface area contributed by atoms with Crippen LogP contribution in [0.15, 0.2) is 0 Å². The lowest BCUT2D eigenvalue weighted by molar-refractivity contribution is 0.326. The minimum Gasteiger partial charge on any atom is -0.481 e. The van der Waals surface area contributed by atoms with Crippen molar-refractivity contribution < 1.29 is 14.2 Å². The molecular formula is C8H12N2O3. The first-order chi connectivity index (χ1) is 6.22. The molecule has 0 spiro atoms. The van der Waals surface area contributed by atoms with Gasteiger partial charge in [0.15, 0.2) is 0 Å². The Morgan fingerprint density at radius 2 is 1.31 bits per heavy atom. The van der Waals surface area contributed by atoms with Crippen LogP contribution in [-0.2, 0) is 0 Å². The summed E-state index contributed by atoms with van der Waals surface area (Å²) in [6.07, 6.45) is 0. The van der Waals surface area contributed by atoms with E-state index in [0.717, 1.165) is 5.56 Å². The molecule has 0 N–H and O–H groups in total. The molecule has 1 heterocycles. The second-order valence-electron chi connectivity index (χ2n) is 2.35. The summed E-state index contributed by atoms with van der Waals surface area (Å²) in [5.41, 5.74) is 0.755.